The van der Waals surface area contributed by atoms with Gasteiger partial charge in [0.25, 0.3) is 0 Å². The molecule has 2 aliphatic rings. The van der Waals surface area contributed by atoms with Crippen molar-refractivity contribution in [2.45, 2.75) is 57.5 Å². The molecular weight excluding hydrogens is 444 g/mol. The fraction of sp³-hybridized carbons (Fsp3) is 0.393. The fourth-order valence-corrected chi connectivity index (χ4v) is 5.30. The predicted octanol–water partition coefficient (Wildman–Crippen LogP) is 6.35. The molecule has 174 valence electrons. The third kappa shape index (κ3) is 4.35. The van der Waals surface area contributed by atoms with Gasteiger partial charge in [-0.2, -0.15) is 5.26 Å². The van der Waals surface area contributed by atoms with Crippen molar-refractivity contribution in [3.05, 3.63) is 81.6 Å². The molecule has 34 heavy (non-hydrogen) atoms. The average Bonchev–Trinajstić information content (AvgIpc) is 2.85. The van der Waals surface area contributed by atoms with Crippen LogP contribution in [0.4, 0.5) is 5.95 Å². The monoisotopic (exact) mass is 472 g/mol. The second kappa shape index (κ2) is 9.64. The minimum absolute atomic E-state index is 0.0858. The van der Waals surface area contributed by atoms with E-state index in [0.29, 0.717) is 17.2 Å². The standard InChI is InChI=1S/C28H29ClN4O/c1-20-21(18-30)16-23(17-26(20)29)28(11-5-12-28)22-6-8-25(9-7-22)34-19-24-10-13-31-27(32-24)33-14-3-2-4-15-33/h6-10,13,16-17H,2-5,11-12,14-15,19H2,1H3. The number of benzene rings is 2. The Morgan fingerprint density at radius 1 is 1.03 bits per heavy atom. The zero-order valence-electron chi connectivity index (χ0n) is 19.6. The van der Waals surface area contributed by atoms with Crippen molar-refractivity contribution in [2.75, 3.05) is 18.0 Å². The van der Waals surface area contributed by atoms with Gasteiger partial charge >= 0.3 is 0 Å². The summed E-state index contributed by atoms with van der Waals surface area (Å²) in [6.45, 7) is 4.36. The molecule has 0 N–H and O–H groups in total. The average molecular weight is 473 g/mol. The molecule has 5 rings (SSSR count). The summed E-state index contributed by atoms with van der Waals surface area (Å²) in [6, 6.07) is 16.6. The van der Waals surface area contributed by atoms with Crippen LogP contribution in [0.2, 0.25) is 5.02 Å². The molecule has 1 aliphatic heterocycles. The molecule has 0 radical (unpaired) electrons. The van der Waals surface area contributed by atoms with E-state index in [0.717, 1.165) is 54.4 Å². The topological polar surface area (TPSA) is 62.0 Å². The molecule has 0 atom stereocenters. The molecule has 2 aromatic carbocycles. The lowest BCUT2D eigenvalue weighted by Gasteiger charge is -2.43. The minimum Gasteiger partial charge on any atom is -0.487 e. The molecule has 1 saturated heterocycles. The van der Waals surface area contributed by atoms with Crippen molar-refractivity contribution in [3.63, 3.8) is 0 Å². The van der Waals surface area contributed by atoms with E-state index in [-0.39, 0.29) is 5.41 Å². The Hall–Kier alpha value is -3.10. The van der Waals surface area contributed by atoms with Crippen molar-refractivity contribution in [1.29, 1.82) is 5.26 Å². The van der Waals surface area contributed by atoms with E-state index in [2.05, 4.69) is 28.1 Å². The van der Waals surface area contributed by atoms with Gasteiger partial charge in [0, 0.05) is 29.7 Å². The van der Waals surface area contributed by atoms with Gasteiger partial charge in [-0.3, -0.25) is 0 Å². The highest BCUT2D eigenvalue weighted by atomic mass is 35.5. The summed E-state index contributed by atoms with van der Waals surface area (Å²) in [5, 5.41) is 10.2. The maximum absolute atomic E-state index is 9.54. The smallest absolute Gasteiger partial charge is 0.225 e. The van der Waals surface area contributed by atoms with Gasteiger partial charge in [-0.25, -0.2) is 9.97 Å². The van der Waals surface area contributed by atoms with Crippen LogP contribution < -0.4 is 9.64 Å². The number of ether oxygens (including phenoxy) is 1. The summed E-state index contributed by atoms with van der Waals surface area (Å²) in [5.74, 6) is 1.62. The zero-order chi connectivity index (χ0) is 23.5. The third-order valence-corrected chi connectivity index (χ3v) is 7.75. The maximum Gasteiger partial charge on any atom is 0.225 e. The number of nitriles is 1. The van der Waals surface area contributed by atoms with Crippen molar-refractivity contribution >= 4 is 17.5 Å². The molecule has 3 aromatic rings. The summed E-state index contributed by atoms with van der Waals surface area (Å²) in [7, 11) is 0. The second-order valence-electron chi connectivity index (χ2n) is 9.39. The van der Waals surface area contributed by atoms with Gasteiger partial charge in [-0.15, -0.1) is 0 Å². The first-order valence-electron chi connectivity index (χ1n) is 12.1. The molecule has 0 unspecified atom stereocenters. The van der Waals surface area contributed by atoms with Crippen LogP contribution >= 0.6 is 11.6 Å². The second-order valence-corrected chi connectivity index (χ2v) is 9.79. The number of halogens is 1. The first-order valence-corrected chi connectivity index (χ1v) is 12.5. The Morgan fingerprint density at radius 2 is 1.79 bits per heavy atom. The van der Waals surface area contributed by atoms with Gasteiger partial charge in [0.2, 0.25) is 5.95 Å². The van der Waals surface area contributed by atoms with Crippen LogP contribution in [-0.2, 0) is 12.0 Å². The van der Waals surface area contributed by atoms with Crippen LogP contribution in [0.3, 0.4) is 0 Å². The molecule has 1 aromatic heterocycles. The Bertz CT molecular complexity index is 1210. The maximum atomic E-state index is 9.54. The molecule has 1 aliphatic carbocycles. The van der Waals surface area contributed by atoms with E-state index >= 15 is 0 Å². The summed E-state index contributed by atoms with van der Waals surface area (Å²) in [6.07, 6.45) is 8.78. The Kier molecular flexibility index (Phi) is 6.43. The molecule has 2 fully saturated rings. The fourth-order valence-electron chi connectivity index (χ4n) is 5.08. The van der Waals surface area contributed by atoms with Crippen molar-refractivity contribution < 1.29 is 4.74 Å². The highest BCUT2D eigenvalue weighted by Crippen LogP contribution is 2.50. The van der Waals surface area contributed by atoms with E-state index in [1.54, 1.807) is 0 Å². The van der Waals surface area contributed by atoms with E-state index in [9.17, 15) is 5.26 Å². The number of hydrogen-bond acceptors (Lipinski definition) is 5. The first kappa shape index (κ1) is 22.7. The Labute approximate surface area is 206 Å². The first-order chi connectivity index (χ1) is 16.6. The third-order valence-electron chi connectivity index (χ3n) is 7.36. The summed E-state index contributed by atoms with van der Waals surface area (Å²) in [4.78, 5) is 11.4. The van der Waals surface area contributed by atoms with E-state index in [4.69, 9.17) is 21.3 Å². The molecule has 5 nitrogen and oxygen atoms in total. The minimum atomic E-state index is -0.0858. The quantitative estimate of drug-likeness (QED) is 0.418. The zero-order valence-corrected chi connectivity index (χ0v) is 20.3. The number of anilines is 1. The highest BCUT2D eigenvalue weighted by Gasteiger charge is 2.40. The normalized spacial score (nSPS) is 17.0. The van der Waals surface area contributed by atoms with E-state index < -0.39 is 0 Å². The van der Waals surface area contributed by atoms with Gasteiger partial charge in [0.15, 0.2) is 0 Å². The van der Waals surface area contributed by atoms with Crippen LogP contribution in [0.15, 0.2) is 48.7 Å². The van der Waals surface area contributed by atoms with Gasteiger partial charge in [0.05, 0.1) is 17.3 Å². The van der Waals surface area contributed by atoms with E-state index in [1.165, 1.54) is 31.2 Å². The summed E-state index contributed by atoms with van der Waals surface area (Å²) >= 11 is 6.47. The van der Waals surface area contributed by atoms with Gasteiger partial charge in [-0.1, -0.05) is 30.2 Å². The van der Waals surface area contributed by atoms with Crippen LogP contribution in [-0.4, -0.2) is 23.1 Å². The molecule has 0 amide bonds. The Morgan fingerprint density at radius 3 is 2.47 bits per heavy atom. The Balaban J connectivity index is 1.30. The number of piperidine rings is 1. The number of hydrogen-bond donors (Lipinski definition) is 0. The van der Waals surface area contributed by atoms with Crippen LogP contribution in [0, 0.1) is 18.3 Å². The van der Waals surface area contributed by atoms with Crippen LogP contribution in [0.5, 0.6) is 5.75 Å². The van der Waals surface area contributed by atoms with Crippen LogP contribution in [0.1, 0.15) is 66.5 Å². The van der Waals surface area contributed by atoms with Gasteiger partial charge in [0.1, 0.15) is 12.4 Å². The number of rotatable bonds is 6. The molecule has 6 heteroatoms. The van der Waals surface area contributed by atoms with E-state index in [1.807, 2.05) is 43.5 Å². The summed E-state index contributed by atoms with van der Waals surface area (Å²) < 4.78 is 6.06. The van der Waals surface area contributed by atoms with Crippen molar-refractivity contribution in [1.82, 2.24) is 9.97 Å². The highest BCUT2D eigenvalue weighted by molar-refractivity contribution is 6.31. The number of aromatic nitrogens is 2. The molecule has 1 saturated carbocycles. The number of nitrogens with zero attached hydrogens (tertiary/aromatic N) is 4. The molecule has 0 spiro atoms. The van der Waals surface area contributed by atoms with Crippen molar-refractivity contribution in [2.24, 2.45) is 0 Å². The largest absolute Gasteiger partial charge is 0.487 e. The SMILES string of the molecule is Cc1c(Cl)cc(C2(c3ccc(OCc4ccnc(N5CCCCC5)n4)cc3)CCC2)cc1C#N. The van der Waals surface area contributed by atoms with Gasteiger partial charge < -0.3 is 9.64 Å². The molecule has 2 heterocycles. The van der Waals surface area contributed by atoms with Crippen molar-refractivity contribution in [3.8, 4) is 11.8 Å². The predicted molar refractivity (Wildman–Crippen MR) is 134 cm³/mol. The summed E-state index contributed by atoms with van der Waals surface area (Å²) in [5.41, 5.74) is 4.67. The molecule has 0 bridgehead atoms. The van der Waals surface area contributed by atoms with Gasteiger partial charge in [-0.05, 0) is 86.1 Å². The van der Waals surface area contributed by atoms with Crippen LogP contribution in [0.25, 0.3) is 0 Å². The molecular formula is C28H29ClN4O. The lowest BCUT2D eigenvalue weighted by molar-refractivity contribution is 0.294. The lowest BCUT2D eigenvalue weighted by atomic mass is 9.60. The lowest BCUT2D eigenvalue weighted by Crippen LogP contribution is -2.35.